The van der Waals surface area contributed by atoms with E-state index in [1.54, 1.807) is 36.4 Å². The molecule has 50 heavy (non-hydrogen) atoms. The lowest BCUT2D eigenvalue weighted by molar-refractivity contribution is 0.187. The Hall–Kier alpha value is -3.08. The SMILES string of the molecule is CCCCCCCCOc1ccc(-c2ccc(-c3ccc(C4=CCC(C5CCC(CCCCCCC)CC5)CC4)c(F)c3F)cc2)c(F)c1F. The summed E-state index contributed by atoms with van der Waals surface area (Å²) in [6.45, 7) is 4.78. The molecule has 0 spiro atoms. The first-order valence-electron chi connectivity index (χ1n) is 19.8. The Kier molecular flexibility index (Phi) is 14.9. The van der Waals surface area contributed by atoms with Crippen LogP contribution in [0.2, 0.25) is 0 Å². The maximum Gasteiger partial charge on any atom is 0.201 e. The fourth-order valence-electron chi connectivity index (χ4n) is 8.29. The van der Waals surface area contributed by atoms with E-state index >= 15 is 13.2 Å². The molecule has 0 heterocycles. The number of hydrogen-bond donors (Lipinski definition) is 0. The minimum atomic E-state index is -1.01. The fourth-order valence-corrected chi connectivity index (χ4v) is 8.29. The molecule has 0 amide bonds. The molecule has 0 bridgehead atoms. The fraction of sp³-hybridized carbons (Fsp3) is 0.556. The predicted molar refractivity (Wildman–Crippen MR) is 200 cm³/mol. The van der Waals surface area contributed by atoms with Gasteiger partial charge in [0.05, 0.1) is 6.61 Å². The van der Waals surface area contributed by atoms with Crippen LogP contribution in [0.5, 0.6) is 5.75 Å². The van der Waals surface area contributed by atoms with Crippen molar-refractivity contribution in [2.45, 2.75) is 136 Å². The second-order valence-electron chi connectivity index (χ2n) is 15.0. The molecule has 1 unspecified atom stereocenters. The summed E-state index contributed by atoms with van der Waals surface area (Å²) >= 11 is 0. The van der Waals surface area contributed by atoms with Crippen LogP contribution in [-0.2, 0) is 0 Å². The van der Waals surface area contributed by atoms with Crippen molar-refractivity contribution in [1.29, 1.82) is 0 Å². The summed E-state index contributed by atoms with van der Waals surface area (Å²) in [5.74, 6) is -1.50. The predicted octanol–water partition coefficient (Wildman–Crippen LogP) is 14.7. The Morgan fingerprint density at radius 2 is 1.08 bits per heavy atom. The van der Waals surface area contributed by atoms with E-state index < -0.39 is 23.3 Å². The smallest absolute Gasteiger partial charge is 0.201 e. The van der Waals surface area contributed by atoms with Crippen LogP contribution in [0.25, 0.3) is 27.8 Å². The maximum absolute atomic E-state index is 15.5. The summed E-state index contributed by atoms with van der Waals surface area (Å²) in [5, 5.41) is 0. The normalized spacial score (nSPS) is 19.4. The summed E-state index contributed by atoms with van der Waals surface area (Å²) in [7, 11) is 0. The first kappa shape index (κ1) is 38.2. The monoisotopic (exact) mass is 690 g/mol. The molecule has 0 radical (unpaired) electrons. The van der Waals surface area contributed by atoms with E-state index in [0.717, 1.165) is 55.9 Å². The van der Waals surface area contributed by atoms with Crippen molar-refractivity contribution < 1.29 is 22.3 Å². The van der Waals surface area contributed by atoms with Gasteiger partial charge in [0.2, 0.25) is 5.82 Å². The third-order valence-electron chi connectivity index (χ3n) is 11.5. The molecule has 0 aliphatic heterocycles. The third kappa shape index (κ3) is 10.0. The molecular weight excluding hydrogens is 632 g/mol. The van der Waals surface area contributed by atoms with E-state index in [-0.39, 0.29) is 16.9 Å². The van der Waals surface area contributed by atoms with Crippen LogP contribution < -0.4 is 4.74 Å². The average Bonchev–Trinajstić information content (AvgIpc) is 3.14. The van der Waals surface area contributed by atoms with Gasteiger partial charge in [-0.2, -0.15) is 4.39 Å². The lowest BCUT2D eigenvalue weighted by Gasteiger charge is -2.35. The highest BCUT2D eigenvalue weighted by Gasteiger charge is 2.29. The van der Waals surface area contributed by atoms with Gasteiger partial charge in [-0.25, -0.2) is 13.2 Å². The molecule has 1 saturated carbocycles. The number of hydrogen-bond acceptors (Lipinski definition) is 1. The van der Waals surface area contributed by atoms with Crippen molar-refractivity contribution in [3.63, 3.8) is 0 Å². The van der Waals surface area contributed by atoms with E-state index in [1.807, 2.05) is 0 Å². The molecule has 5 rings (SSSR count). The quantitative estimate of drug-likeness (QED) is 0.0954. The lowest BCUT2D eigenvalue weighted by atomic mass is 9.70. The third-order valence-corrected chi connectivity index (χ3v) is 11.5. The summed E-state index contributed by atoms with van der Waals surface area (Å²) in [6, 6.07) is 12.8. The summed E-state index contributed by atoms with van der Waals surface area (Å²) in [5.41, 5.74) is 2.42. The largest absolute Gasteiger partial charge is 0.490 e. The molecule has 3 aromatic carbocycles. The van der Waals surface area contributed by atoms with Crippen LogP contribution in [0.1, 0.15) is 141 Å². The molecule has 2 aliphatic rings. The minimum absolute atomic E-state index is 0.0938. The Morgan fingerprint density at radius 3 is 1.70 bits per heavy atom. The summed E-state index contributed by atoms with van der Waals surface area (Å²) in [4.78, 5) is 0. The zero-order valence-corrected chi connectivity index (χ0v) is 30.5. The number of ether oxygens (including phenoxy) is 1. The Labute approximate surface area is 298 Å². The van der Waals surface area contributed by atoms with Crippen LogP contribution in [0, 0.1) is 41.0 Å². The van der Waals surface area contributed by atoms with Crippen LogP contribution in [-0.4, -0.2) is 6.61 Å². The first-order chi connectivity index (χ1) is 24.4. The molecule has 5 heteroatoms. The van der Waals surface area contributed by atoms with Gasteiger partial charge in [-0.1, -0.05) is 140 Å². The number of benzene rings is 3. The number of rotatable bonds is 18. The average molecular weight is 691 g/mol. The Bertz CT molecular complexity index is 1520. The van der Waals surface area contributed by atoms with Gasteiger partial charge in [0.1, 0.15) is 0 Å². The van der Waals surface area contributed by atoms with E-state index in [0.29, 0.717) is 29.2 Å². The van der Waals surface area contributed by atoms with Crippen molar-refractivity contribution in [2.75, 3.05) is 6.61 Å². The van der Waals surface area contributed by atoms with E-state index in [4.69, 9.17) is 4.74 Å². The highest BCUT2D eigenvalue weighted by molar-refractivity contribution is 5.74. The first-order valence-corrected chi connectivity index (χ1v) is 19.8. The molecule has 2 aliphatic carbocycles. The zero-order valence-electron chi connectivity index (χ0n) is 30.5. The van der Waals surface area contributed by atoms with Crippen LogP contribution in [0.4, 0.5) is 17.6 Å². The van der Waals surface area contributed by atoms with Gasteiger partial charge in [0.15, 0.2) is 23.2 Å². The molecule has 1 fully saturated rings. The van der Waals surface area contributed by atoms with Gasteiger partial charge >= 0.3 is 0 Å². The van der Waals surface area contributed by atoms with Crippen molar-refractivity contribution in [3.8, 4) is 28.0 Å². The van der Waals surface area contributed by atoms with E-state index in [2.05, 4.69) is 19.9 Å². The van der Waals surface area contributed by atoms with Crippen LogP contribution >= 0.6 is 0 Å². The summed E-state index contributed by atoms with van der Waals surface area (Å²) < 4.78 is 66.5. The van der Waals surface area contributed by atoms with Crippen molar-refractivity contribution in [1.82, 2.24) is 0 Å². The molecule has 0 saturated heterocycles. The highest BCUT2D eigenvalue weighted by Crippen LogP contribution is 2.43. The van der Waals surface area contributed by atoms with E-state index in [1.165, 1.54) is 95.6 Å². The second kappa shape index (κ2) is 19.5. The minimum Gasteiger partial charge on any atom is -0.490 e. The molecule has 3 aromatic rings. The molecule has 1 atom stereocenters. The lowest BCUT2D eigenvalue weighted by Crippen LogP contribution is -2.23. The molecule has 1 nitrogen and oxygen atoms in total. The molecule has 0 aromatic heterocycles. The standard InChI is InChI=1S/C45H58F4O/c1-3-5-7-9-11-13-31-50-41-30-29-40(44(48)45(41)49)37-25-23-36(24-26-37)39-28-27-38(42(46)43(39)47)35-21-19-34(20-22-35)33-17-15-32(16-18-33)14-12-10-8-6-4-2/h21,23-30,32-34H,3-20,22,31H2,1-2H3. The van der Waals surface area contributed by atoms with Gasteiger partial charge in [-0.15, -0.1) is 0 Å². The number of halogens is 4. The number of allylic oxidation sites excluding steroid dienone is 2. The van der Waals surface area contributed by atoms with Crippen molar-refractivity contribution in [2.24, 2.45) is 17.8 Å². The summed E-state index contributed by atoms with van der Waals surface area (Å²) in [6.07, 6.45) is 24.9. The van der Waals surface area contributed by atoms with Gasteiger partial charge in [-0.3, -0.25) is 0 Å². The molecule has 272 valence electrons. The van der Waals surface area contributed by atoms with E-state index in [9.17, 15) is 4.39 Å². The second-order valence-corrected chi connectivity index (χ2v) is 15.0. The van der Waals surface area contributed by atoms with Crippen LogP contribution in [0.15, 0.2) is 54.6 Å². The number of unbranched alkanes of at least 4 members (excludes halogenated alkanes) is 9. The highest BCUT2D eigenvalue weighted by atomic mass is 19.2. The maximum atomic E-state index is 15.5. The Morgan fingerprint density at radius 1 is 0.540 bits per heavy atom. The van der Waals surface area contributed by atoms with Gasteiger partial charge in [0.25, 0.3) is 0 Å². The molecule has 0 N–H and O–H groups in total. The van der Waals surface area contributed by atoms with Crippen molar-refractivity contribution >= 4 is 5.57 Å². The Balaban J connectivity index is 1.15. The van der Waals surface area contributed by atoms with Crippen LogP contribution in [0.3, 0.4) is 0 Å². The van der Waals surface area contributed by atoms with Gasteiger partial charge < -0.3 is 4.74 Å². The van der Waals surface area contributed by atoms with Gasteiger partial charge in [0, 0.05) is 16.7 Å². The zero-order chi connectivity index (χ0) is 35.3. The van der Waals surface area contributed by atoms with Crippen molar-refractivity contribution in [3.05, 3.63) is 83.4 Å². The molecular formula is C45H58F4O. The van der Waals surface area contributed by atoms with Gasteiger partial charge in [-0.05, 0) is 85.1 Å². The topological polar surface area (TPSA) is 9.23 Å².